The lowest BCUT2D eigenvalue weighted by molar-refractivity contribution is -0.137. The van der Waals surface area contributed by atoms with Crippen LogP contribution >= 0.6 is 0 Å². The first kappa shape index (κ1) is 16.5. The Balaban J connectivity index is 1.82. The lowest BCUT2D eigenvalue weighted by Gasteiger charge is -2.09. The molecule has 0 bridgehead atoms. The molecule has 6 nitrogen and oxygen atoms in total. The van der Waals surface area contributed by atoms with E-state index < -0.39 is 23.6 Å². The van der Waals surface area contributed by atoms with E-state index >= 15 is 0 Å². The Morgan fingerprint density at radius 2 is 2.04 bits per heavy atom. The first-order valence-electron chi connectivity index (χ1n) is 6.51. The van der Waals surface area contributed by atoms with Gasteiger partial charge in [-0.3, -0.25) is 9.59 Å². The van der Waals surface area contributed by atoms with Gasteiger partial charge < -0.3 is 15.1 Å². The number of nitrogens with zero attached hydrogens (tertiary/aromatic N) is 1. The van der Waals surface area contributed by atoms with Crippen molar-refractivity contribution in [2.24, 2.45) is 0 Å². The van der Waals surface area contributed by atoms with E-state index in [1.807, 2.05) is 0 Å². The lowest BCUT2D eigenvalue weighted by Crippen LogP contribution is -2.27. The van der Waals surface area contributed by atoms with Crippen molar-refractivity contribution >= 4 is 17.6 Å². The Morgan fingerprint density at radius 3 is 2.70 bits per heavy atom. The fourth-order valence-corrected chi connectivity index (χ4v) is 1.67. The second kappa shape index (κ2) is 6.95. The van der Waals surface area contributed by atoms with Crippen LogP contribution in [-0.2, 0) is 11.0 Å². The van der Waals surface area contributed by atoms with E-state index in [4.69, 9.17) is 4.42 Å². The molecule has 23 heavy (non-hydrogen) atoms. The summed E-state index contributed by atoms with van der Waals surface area (Å²) in [6.07, 6.45) is -2.35. The van der Waals surface area contributed by atoms with Crippen molar-refractivity contribution in [3.05, 3.63) is 48.0 Å². The van der Waals surface area contributed by atoms with Crippen LogP contribution in [0.2, 0.25) is 0 Å². The van der Waals surface area contributed by atoms with Gasteiger partial charge in [0.1, 0.15) is 5.82 Å². The number of amides is 2. The highest BCUT2D eigenvalue weighted by Crippen LogP contribution is 2.29. The molecule has 0 aromatic carbocycles. The van der Waals surface area contributed by atoms with Crippen LogP contribution < -0.4 is 10.6 Å². The average molecular weight is 327 g/mol. The molecule has 0 saturated carbocycles. The largest absolute Gasteiger partial charge is 0.459 e. The number of hydrogen-bond acceptors (Lipinski definition) is 4. The Hall–Kier alpha value is -2.84. The van der Waals surface area contributed by atoms with Gasteiger partial charge in [-0.25, -0.2) is 4.98 Å². The minimum atomic E-state index is -4.51. The predicted octanol–water partition coefficient (Wildman–Crippen LogP) is 2.45. The number of rotatable bonds is 5. The van der Waals surface area contributed by atoms with Gasteiger partial charge in [0.2, 0.25) is 5.91 Å². The molecule has 0 radical (unpaired) electrons. The van der Waals surface area contributed by atoms with Gasteiger partial charge in [-0.15, -0.1) is 0 Å². The molecule has 122 valence electrons. The average Bonchev–Trinajstić information content (AvgIpc) is 3.00. The van der Waals surface area contributed by atoms with E-state index in [0.717, 1.165) is 18.3 Å². The Labute approximate surface area is 128 Å². The molecule has 2 N–H and O–H groups in total. The lowest BCUT2D eigenvalue weighted by atomic mass is 10.2. The molecule has 0 unspecified atom stereocenters. The van der Waals surface area contributed by atoms with Crippen molar-refractivity contribution in [2.45, 2.75) is 12.6 Å². The van der Waals surface area contributed by atoms with Gasteiger partial charge in [0.25, 0.3) is 5.91 Å². The van der Waals surface area contributed by atoms with E-state index in [2.05, 4.69) is 15.6 Å². The van der Waals surface area contributed by atoms with Crippen molar-refractivity contribution in [2.75, 3.05) is 11.9 Å². The summed E-state index contributed by atoms with van der Waals surface area (Å²) in [5, 5.41) is 4.68. The Morgan fingerprint density at radius 1 is 1.26 bits per heavy atom. The fourth-order valence-electron chi connectivity index (χ4n) is 1.67. The second-order valence-electron chi connectivity index (χ2n) is 4.46. The molecular weight excluding hydrogens is 315 g/mol. The van der Waals surface area contributed by atoms with E-state index in [-0.39, 0.29) is 24.5 Å². The molecule has 2 aromatic heterocycles. The maximum absolute atomic E-state index is 12.5. The number of carbonyl (C=O) groups excluding carboxylic acids is 2. The third-order valence-corrected chi connectivity index (χ3v) is 2.74. The van der Waals surface area contributed by atoms with Crippen LogP contribution in [0, 0.1) is 0 Å². The van der Waals surface area contributed by atoms with Gasteiger partial charge in [0.05, 0.1) is 11.8 Å². The second-order valence-corrected chi connectivity index (χ2v) is 4.46. The third kappa shape index (κ3) is 4.83. The van der Waals surface area contributed by atoms with Crippen molar-refractivity contribution in [1.29, 1.82) is 0 Å². The van der Waals surface area contributed by atoms with Gasteiger partial charge in [-0.2, -0.15) is 13.2 Å². The molecule has 0 fully saturated rings. The summed E-state index contributed by atoms with van der Waals surface area (Å²) in [7, 11) is 0. The molecule has 9 heteroatoms. The molecule has 0 aliphatic carbocycles. The molecule has 2 rings (SSSR count). The van der Waals surface area contributed by atoms with Crippen LogP contribution in [-0.4, -0.2) is 23.3 Å². The maximum Gasteiger partial charge on any atom is 0.416 e. The molecule has 0 aliphatic heterocycles. The monoisotopic (exact) mass is 327 g/mol. The number of anilines is 1. The molecular formula is C14H12F3N3O3. The minimum absolute atomic E-state index is 0.00429. The minimum Gasteiger partial charge on any atom is -0.459 e. The number of halogens is 3. The van der Waals surface area contributed by atoms with Gasteiger partial charge in [0.15, 0.2) is 5.76 Å². The zero-order valence-corrected chi connectivity index (χ0v) is 11.7. The first-order valence-corrected chi connectivity index (χ1v) is 6.51. The molecule has 0 spiro atoms. The van der Waals surface area contributed by atoms with E-state index in [1.54, 1.807) is 6.07 Å². The van der Waals surface area contributed by atoms with Crippen LogP contribution in [0.3, 0.4) is 0 Å². The summed E-state index contributed by atoms with van der Waals surface area (Å²) in [6, 6.07) is 4.54. The summed E-state index contributed by atoms with van der Waals surface area (Å²) in [4.78, 5) is 26.8. The summed E-state index contributed by atoms with van der Waals surface area (Å²) in [5.41, 5.74) is -0.908. The van der Waals surface area contributed by atoms with E-state index in [1.165, 1.54) is 12.3 Å². The van der Waals surface area contributed by atoms with E-state index in [9.17, 15) is 22.8 Å². The smallest absolute Gasteiger partial charge is 0.416 e. The summed E-state index contributed by atoms with van der Waals surface area (Å²) in [6.45, 7) is 0.00429. The number of alkyl halides is 3. The molecule has 0 atom stereocenters. The fraction of sp³-hybridized carbons (Fsp3) is 0.214. The highest BCUT2D eigenvalue weighted by molar-refractivity contribution is 5.93. The van der Waals surface area contributed by atoms with Crippen LogP contribution in [0.1, 0.15) is 22.5 Å². The summed E-state index contributed by atoms with van der Waals surface area (Å²) in [5.74, 6) is -1.16. The van der Waals surface area contributed by atoms with Crippen molar-refractivity contribution in [3.63, 3.8) is 0 Å². The normalized spacial score (nSPS) is 11.1. The van der Waals surface area contributed by atoms with Gasteiger partial charge in [-0.1, -0.05) is 0 Å². The number of carbonyl (C=O) groups is 2. The SMILES string of the molecule is O=C(CCNC(=O)c1ccco1)Nc1cc(C(F)(F)F)ccn1. The number of aromatic nitrogens is 1. The van der Waals surface area contributed by atoms with Crippen molar-refractivity contribution < 1.29 is 27.2 Å². The summed E-state index contributed by atoms with van der Waals surface area (Å²) < 4.78 is 42.5. The zero-order chi connectivity index (χ0) is 16.9. The van der Waals surface area contributed by atoms with Crippen LogP contribution in [0.25, 0.3) is 0 Å². The number of hydrogen-bond donors (Lipinski definition) is 2. The van der Waals surface area contributed by atoms with Crippen LogP contribution in [0.4, 0.5) is 19.0 Å². The quantitative estimate of drug-likeness (QED) is 0.883. The standard InChI is InChI=1S/C14H12F3N3O3/c15-14(16,17)9-3-5-18-11(8-9)20-12(21)4-6-19-13(22)10-2-1-7-23-10/h1-3,5,7-8H,4,6H2,(H,19,22)(H,18,20,21). The van der Waals surface area contributed by atoms with E-state index in [0.29, 0.717) is 0 Å². The predicted molar refractivity (Wildman–Crippen MR) is 73.5 cm³/mol. The third-order valence-electron chi connectivity index (χ3n) is 2.74. The molecule has 2 heterocycles. The molecule has 0 aliphatic rings. The number of pyridine rings is 1. The van der Waals surface area contributed by atoms with Gasteiger partial charge >= 0.3 is 6.18 Å². The molecule has 2 aromatic rings. The zero-order valence-electron chi connectivity index (χ0n) is 11.7. The first-order chi connectivity index (χ1) is 10.9. The topological polar surface area (TPSA) is 84.2 Å². The highest BCUT2D eigenvalue weighted by atomic mass is 19.4. The van der Waals surface area contributed by atoms with Gasteiger partial charge in [-0.05, 0) is 24.3 Å². The highest BCUT2D eigenvalue weighted by Gasteiger charge is 2.30. The molecule has 2 amide bonds. The van der Waals surface area contributed by atoms with Gasteiger partial charge in [0, 0.05) is 19.2 Å². The summed E-state index contributed by atoms with van der Waals surface area (Å²) >= 11 is 0. The van der Waals surface area contributed by atoms with Crippen LogP contribution in [0.15, 0.2) is 41.1 Å². The Kier molecular flexibility index (Phi) is 4.99. The number of furan rings is 1. The Bertz CT molecular complexity index is 684. The van der Waals surface area contributed by atoms with Crippen molar-refractivity contribution in [1.82, 2.24) is 10.3 Å². The maximum atomic E-state index is 12.5. The molecule has 0 saturated heterocycles. The van der Waals surface area contributed by atoms with Crippen molar-refractivity contribution in [3.8, 4) is 0 Å². The van der Waals surface area contributed by atoms with Crippen LogP contribution in [0.5, 0.6) is 0 Å². The number of nitrogens with one attached hydrogen (secondary N) is 2.